The third kappa shape index (κ3) is 7.00. The fourth-order valence-corrected chi connectivity index (χ4v) is 17.9. The molecule has 0 rings (SSSR count). The molecule has 0 aliphatic rings. The van der Waals surface area contributed by atoms with E-state index in [1.807, 2.05) is 6.55 Å². The molecule has 0 bridgehead atoms. The van der Waals surface area contributed by atoms with Crippen LogP contribution in [0.4, 0.5) is 0 Å². The number of hydrogen-bond acceptors (Lipinski definition) is 3. The smallest absolute Gasteiger partial charge is 0.342 e. The first-order valence-electron chi connectivity index (χ1n) is 7.01. The zero-order valence-corrected chi connectivity index (χ0v) is 18.4. The van der Waals surface area contributed by atoms with Crippen molar-refractivity contribution in [3.63, 3.8) is 0 Å². The lowest BCUT2D eigenvalue weighted by Gasteiger charge is -2.40. The molecule has 0 aromatic carbocycles. The zero-order chi connectivity index (χ0) is 16.9. The predicted molar refractivity (Wildman–Crippen MR) is 102 cm³/mol. The van der Waals surface area contributed by atoms with Gasteiger partial charge in [0.2, 0.25) is 0 Å². The van der Waals surface area contributed by atoms with Crippen LogP contribution in [0, 0.1) is 0 Å². The molecule has 0 saturated carbocycles. The lowest BCUT2D eigenvalue weighted by Crippen LogP contribution is -2.56. The standard InChI is InChI=1S/C14H30O3Si4/c1-11-20(10,17-21(12-2,13-3)14-4)16-19(8,9)15-18(5,6)7/h11-14H,1-4H2,5-10H3. The Bertz CT molecular complexity index is 393. The predicted octanol–water partition coefficient (Wildman–Crippen LogP) is 4.49. The third-order valence-electron chi connectivity index (χ3n) is 2.71. The van der Waals surface area contributed by atoms with Crippen LogP contribution in [0.5, 0.6) is 0 Å². The first kappa shape index (κ1) is 20.7. The van der Waals surface area contributed by atoms with Crippen LogP contribution in [0.1, 0.15) is 0 Å². The number of rotatable bonds is 10. The summed E-state index contributed by atoms with van der Waals surface area (Å²) in [5.41, 5.74) is 7.21. The quantitative estimate of drug-likeness (QED) is 0.538. The van der Waals surface area contributed by atoms with Crippen LogP contribution in [-0.4, -0.2) is 33.8 Å². The second-order valence-electron chi connectivity index (χ2n) is 6.50. The molecule has 0 heterocycles. The second kappa shape index (κ2) is 7.31. The van der Waals surface area contributed by atoms with Crippen molar-refractivity contribution in [2.45, 2.75) is 39.3 Å². The molecule has 120 valence electrons. The maximum Gasteiger partial charge on any atom is 0.342 e. The summed E-state index contributed by atoms with van der Waals surface area (Å²) in [6.07, 6.45) is 0. The highest BCUT2D eigenvalue weighted by atomic mass is 28.5. The van der Waals surface area contributed by atoms with Gasteiger partial charge in [0, 0.05) is 0 Å². The van der Waals surface area contributed by atoms with Crippen LogP contribution in [-0.2, 0) is 12.3 Å². The first-order valence-corrected chi connectivity index (χ1v) is 17.8. The molecule has 0 fully saturated rings. The molecule has 7 heteroatoms. The minimum Gasteiger partial charge on any atom is -0.437 e. The van der Waals surface area contributed by atoms with Gasteiger partial charge < -0.3 is 12.3 Å². The van der Waals surface area contributed by atoms with E-state index in [0.717, 1.165) is 0 Å². The van der Waals surface area contributed by atoms with Gasteiger partial charge >= 0.3 is 17.1 Å². The third-order valence-corrected chi connectivity index (χ3v) is 16.4. The van der Waals surface area contributed by atoms with Crippen molar-refractivity contribution < 1.29 is 12.3 Å². The van der Waals surface area contributed by atoms with Gasteiger partial charge in [-0.25, -0.2) is 0 Å². The highest BCUT2D eigenvalue weighted by molar-refractivity contribution is 6.97. The molecule has 21 heavy (non-hydrogen) atoms. The van der Waals surface area contributed by atoms with Gasteiger partial charge in [-0.3, -0.25) is 0 Å². The topological polar surface area (TPSA) is 27.7 Å². The highest BCUT2D eigenvalue weighted by Gasteiger charge is 2.44. The second-order valence-corrected chi connectivity index (χ2v) is 21.4. The van der Waals surface area contributed by atoms with Crippen molar-refractivity contribution in [3.05, 3.63) is 49.1 Å². The Morgan fingerprint density at radius 3 is 1.33 bits per heavy atom. The Balaban J connectivity index is 5.29. The van der Waals surface area contributed by atoms with E-state index >= 15 is 0 Å². The van der Waals surface area contributed by atoms with Crippen LogP contribution >= 0.6 is 0 Å². The van der Waals surface area contributed by atoms with Crippen molar-refractivity contribution in [1.29, 1.82) is 0 Å². The van der Waals surface area contributed by atoms with E-state index in [1.54, 1.807) is 22.8 Å². The lowest BCUT2D eigenvalue weighted by molar-refractivity contribution is 0.339. The van der Waals surface area contributed by atoms with E-state index in [1.165, 1.54) is 0 Å². The van der Waals surface area contributed by atoms with Crippen molar-refractivity contribution in [1.82, 2.24) is 0 Å². The molecule has 0 amide bonds. The summed E-state index contributed by atoms with van der Waals surface area (Å²) in [5.74, 6) is 0. The monoisotopic (exact) mass is 358 g/mol. The molecule has 1 atom stereocenters. The van der Waals surface area contributed by atoms with Gasteiger partial charge in [0.1, 0.15) is 0 Å². The summed E-state index contributed by atoms with van der Waals surface area (Å²) in [7, 11) is -8.94. The molecular formula is C14H30O3Si4. The van der Waals surface area contributed by atoms with Crippen molar-refractivity contribution >= 4 is 33.8 Å². The normalized spacial score (nSPS) is 15.9. The molecule has 0 aromatic heterocycles. The summed E-state index contributed by atoms with van der Waals surface area (Å²) < 4.78 is 18.9. The van der Waals surface area contributed by atoms with E-state index in [-0.39, 0.29) is 0 Å². The Labute approximate surface area is 134 Å². The molecular weight excluding hydrogens is 328 g/mol. The van der Waals surface area contributed by atoms with Crippen LogP contribution in [0.25, 0.3) is 0 Å². The SMILES string of the molecule is C=C[Si](C=C)(C=C)O[Si](C)(C=C)O[Si](C)(C)O[Si](C)(C)C. The van der Waals surface area contributed by atoms with Gasteiger partial charge in [0.25, 0.3) is 8.32 Å². The molecule has 0 aromatic rings. The molecule has 3 nitrogen and oxygen atoms in total. The fourth-order valence-electron chi connectivity index (χ4n) is 2.08. The summed E-state index contributed by atoms with van der Waals surface area (Å²) >= 11 is 0. The van der Waals surface area contributed by atoms with E-state index < -0.39 is 33.8 Å². The van der Waals surface area contributed by atoms with Crippen LogP contribution in [0.3, 0.4) is 0 Å². The van der Waals surface area contributed by atoms with E-state index in [4.69, 9.17) is 12.3 Å². The zero-order valence-electron chi connectivity index (χ0n) is 14.4. The maximum absolute atomic E-state index is 6.35. The van der Waals surface area contributed by atoms with E-state index in [2.05, 4.69) is 59.1 Å². The molecule has 0 aliphatic carbocycles. The molecule has 0 saturated heterocycles. The summed E-state index contributed by atoms with van der Waals surface area (Å²) in [6, 6.07) is 0. The van der Waals surface area contributed by atoms with E-state index in [0.29, 0.717) is 0 Å². The van der Waals surface area contributed by atoms with Crippen molar-refractivity contribution in [2.24, 2.45) is 0 Å². The van der Waals surface area contributed by atoms with Crippen molar-refractivity contribution in [2.75, 3.05) is 0 Å². The molecule has 0 spiro atoms. The summed E-state index contributed by atoms with van der Waals surface area (Å²) in [6.45, 7) is 28.1. The van der Waals surface area contributed by atoms with Gasteiger partial charge in [-0.15, -0.1) is 26.3 Å². The summed E-state index contributed by atoms with van der Waals surface area (Å²) in [4.78, 5) is 0. The van der Waals surface area contributed by atoms with Crippen LogP contribution < -0.4 is 0 Å². The van der Waals surface area contributed by atoms with E-state index in [9.17, 15) is 0 Å². The Morgan fingerprint density at radius 2 is 1.05 bits per heavy atom. The Morgan fingerprint density at radius 1 is 0.619 bits per heavy atom. The molecule has 0 N–H and O–H groups in total. The van der Waals surface area contributed by atoms with Gasteiger partial charge in [-0.2, -0.15) is 0 Å². The Hall–Kier alpha value is -0.292. The lowest BCUT2D eigenvalue weighted by atomic mass is 11.2. The molecule has 0 radical (unpaired) electrons. The number of hydrogen-bond donors (Lipinski definition) is 0. The van der Waals surface area contributed by atoms with Crippen LogP contribution in [0.2, 0.25) is 39.3 Å². The van der Waals surface area contributed by atoms with Gasteiger partial charge in [0.05, 0.1) is 0 Å². The minimum atomic E-state index is -2.59. The largest absolute Gasteiger partial charge is 0.437 e. The average molecular weight is 359 g/mol. The van der Waals surface area contributed by atoms with Gasteiger partial charge in [0.15, 0.2) is 8.32 Å². The Kier molecular flexibility index (Phi) is 7.21. The summed E-state index contributed by atoms with van der Waals surface area (Å²) in [5, 5.41) is 0. The van der Waals surface area contributed by atoms with Gasteiger partial charge in [-0.05, 0) is 39.3 Å². The van der Waals surface area contributed by atoms with Crippen molar-refractivity contribution in [3.8, 4) is 0 Å². The minimum absolute atomic E-state index is 1.67. The molecule has 1 unspecified atom stereocenters. The molecule has 0 aliphatic heterocycles. The fraction of sp³-hybridized carbons (Fsp3) is 0.429. The average Bonchev–Trinajstić information content (AvgIpc) is 2.32. The highest BCUT2D eigenvalue weighted by Crippen LogP contribution is 2.25. The van der Waals surface area contributed by atoms with Gasteiger partial charge in [-0.1, -0.05) is 22.8 Å². The maximum atomic E-state index is 6.35. The first-order chi connectivity index (χ1) is 9.36. The van der Waals surface area contributed by atoms with Crippen LogP contribution in [0.15, 0.2) is 49.1 Å².